The molecule has 2 aromatic carbocycles. The molecule has 3 aromatic rings. The molecule has 6 heteroatoms. The lowest BCUT2D eigenvalue weighted by Crippen LogP contribution is -2.33. The number of carbonyl (C=O) groups is 2. The Bertz CT molecular complexity index is 940. The third-order valence-corrected chi connectivity index (χ3v) is 3.86. The number of hydrogen-bond acceptors (Lipinski definition) is 3. The molecule has 0 spiro atoms. The van der Waals surface area contributed by atoms with Gasteiger partial charge in [-0.3, -0.25) is 9.59 Å². The Morgan fingerprint density at radius 1 is 1.08 bits per heavy atom. The van der Waals surface area contributed by atoms with E-state index in [1.165, 1.54) is 0 Å². The van der Waals surface area contributed by atoms with Gasteiger partial charge in [-0.15, -0.1) is 0 Å². The zero-order chi connectivity index (χ0) is 17.1. The molecule has 3 rings (SSSR count). The highest BCUT2D eigenvalue weighted by Crippen LogP contribution is 2.29. The van der Waals surface area contributed by atoms with Crippen LogP contribution in [0.3, 0.4) is 0 Å². The smallest absolute Gasteiger partial charge is 0.252 e. The first-order valence-corrected chi connectivity index (χ1v) is 7.65. The van der Waals surface area contributed by atoms with E-state index in [0.717, 1.165) is 5.56 Å². The van der Waals surface area contributed by atoms with Gasteiger partial charge in [0.25, 0.3) is 5.91 Å². The van der Waals surface area contributed by atoms with Crippen LogP contribution in [0, 0.1) is 0 Å². The molecule has 0 aliphatic rings. The first-order valence-electron chi connectivity index (χ1n) is 7.27. The Balaban J connectivity index is 2.15. The topological polar surface area (TPSA) is 85.1 Å². The average molecular weight is 340 g/mol. The molecule has 24 heavy (non-hydrogen) atoms. The van der Waals surface area contributed by atoms with E-state index in [-0.39, 0.29) is 12.5 Å². The second kappa shape index (κ2) is 6.68. The second-order valence-corrected chi connectivity index (χ2v) is 5.61. The maximum absolute atomic E-state index is 12.5. The number of carbonyl (C=O) groups excluding carboxylic acids is 2. The van der Waals surface area contributed by atoms with E-state index >= 15 is 0 Å². The monoisotopic (exact) mass is 339 g/mol. The Morgan fingerprint density at radius 2 is 1.79 bits per heavy atom. The molecule has 0 fully saturated rings. The summed E-state index contributed by atoms with van der Waals surface area (Å²) in [5.41, 5.74) is 7.49. The van der Waals surface area contributed by atoms with Gasteiger partial charge in [-0.25, -0.2) is 4.98 Å². The van der Waals surface area contributed by atoms with Crippen LogP contribution in [-0.4, -0.2) is 23.3 Å². The lowest BCUT2D eigenvalue weighted by atomic mass is 10.0. The fourth-order valence-corrected chi connectivity index (χ4v) is 2.67. The molecule has 0 atom stereocenters. The van der Waals surface area contributed by atoms with Gasteiger partial charge < -0.3 is 11.1 Å². The van der Waals surface area contributed by atoms with Gasteiger partial charge in [0.15, 0.2) is 0 Å². The van der Waals surface area contributed by atoms with Crippen molar-refractivity contribution >= 4 is 34.3 Å². The Labute approximate surface area is 143 Å². The number of benzene rings is 2. The van der Waals surface area contributed by atoms with Crippen LogP contribution in [0.1, 0.15) is 10.4 Å². The Morgan fingerprint density at radius 3 is 2.54 bits per heavy atom. The maximum Gasteiger partial charge on any atom is 0.252 e. The molecule has 1 aromatic heterocycles. The SMILES string of the molecule is NC(=O)CNC(=O)c1cc(-c2ccccc2Cl)nc2ccccc12. The standard InChI is InChI=1S/C18H14ClN3O2/c19-14-7-3-1-6-12(14)16-9-13(18(24)21-10-17(20)23)11-5-2-4-8-15(11)22-16/h1-9H,10H2,(H2,20,23)(H,21,24). The fourth-order valence-electron chi connectivity index (χ4n) is 2.43. The Kier molecular flexibility index (Phi) is 4.44. The van der Waals surface area contributed by atoms with Crippen LogP contribution in [0.2, 0.25) is 5.02 Å². The zero-order valence-corrected chi connectivity index (χ0v) is 13.4. The van der Waals surface area contributed by atoms with Gasteiger partial charge in [-0.2, -0.15) is 0 Å². The lowest BCUT2D eigenvalue weighted by Gasteiger charge is -2.10. The molecule has 0 aliphatic heterocycles. The van der Waals surface area contributed by atoms with Gasteiger partial charge in [-0.05, 0) is 18.2 Å². The molecule has 0 aliphatic carbocycles. The number of halogens is 1. The van der Waals surface area contributed by atoms with Crippen LogP contribution in [0.15, 0.2) is 54.6 Å². The summed E-state index contributed by atoms with van der Waals surface area (Å²) in [6.45, 7) is -0.225. The number of hydrogen-bond donors (Lipinski definition) is 2. The van der Waals surface area contributed by atoms with Crippen molar-refractivity contribution in [2.75, 3.05) is 6.54 Å². The number of nitrogens with zero attached hydrogens (tertiary/aromatic N) is 1. The molecule has 0 saturated carbocycles. The highest BCUT2D eigenvalue weighted by Gasteiger charge is 2.15. The number of nitrogens with two attached hydrogens (primary N) is 1. The van der Waals surface area contributed by atoms with E-state index in [1.807, 2.05) is 36.4 Å². The molecule has 1 heterocycles. The van der Waals surface area contributed by atoms with Crippen molar-refractivity contribution in [3.05, 3.63) is 65.2 Å². The fraction of sp³-hybridized carbons (Fsp3) is 0.0556. The molecule has 3 N–H and O–H groups in total. The van der Waals surface area contributed by atoms with Crippen molar-refractivity contribution < 1.29 is 9.59 Å². The number of amides is 2. The molecular formula is C18H14ClN3O2. The zero-order valence-electron chi connectivity index (χ0n) is 12.6. The highest BCUT2D eigenvalue weighted by molar-refractivity contribution is 6.33. The van der Waals surface area contributed by atoms with Crippen molar-refractivity contribution in [3.63, 3.8) is 0 Å². The summed E-state index contributed by atoms with van der Waals surface area (Å²) in [7, 11) is 0. The number of aromatic nitrogens is 1. The van der Waals surface area contributed by atoms with Crippen molar-refractivity contribution in [2.24, 2.45) is 5.73 Å². The van der Waals surface area contributed by atoms with Gasteiger partial charge in [0.05, 0.1) is 23.3 Å². The summed E-state index contributed by atoms with van der Waals surface area (Å²) >= 11 is 6.24. The van der Waals surface area contributed by atoms with E-state index in [0.29, 0.717) is 27.2 Å². The highest BCUT2D eigenvalue weighted by atomic mass is 35.5. The molecule has 0 saturated heterocycles. The van der Waals surface area contributed by atoms with Gasteiger partial charge in [0, 0.05) is 16.0 Å². The molecule has 0 unspecified atom stereocenters. The second-order valence-electron chi connectivity index (χ2n) is 5.20. The summed E-state index contributed by atoms with van der Waals surface area (Å²) in [4.78, 5) is 27.9. The number of fused-ring (bicyclic) bond motifs is 1. The van der Waals surface area contributed by atoms with Crippen LogP contribution in [-0.2, 0) is 4.79 Å². The van der Waals surface area contributed by atoms with Crippen LogP contribution >= 0.6 is 11.6 Å². The third kappa shape index (κ3) is 3.21. The van der Waals surface area contributed by atoms with E-state index < -0.39 is 5.91 Å². The van der Waals surface area contributed by atoms with Crippen LogP contribution < -0.4 is 11.1 Å². The molecule has 2 amide bonds. The predicted molar refractivity (Wildman–Crippen MR) is 93.7 cm³/mol. The van der Waals surface area contributed by atoms with Crippen LogP contribution in [0.25, 0.3) is 22.2 Å². The minimum absolute atomic E-state index is 0.225. The maximum atomic E-state index is 12.5. The minimum Gasteiger partial charge on any atom is -0.368 e. The Hall–Kier alpha value is -2.92. The third-order valence-electron chi connectivity index (χ3n) is 3.53. The van der Waals surface area contributed by atoms with Gasteiger partial charge in [0.1, 0.15) is 0 Å². The van der Waals surface area contributed by atoms with E-state index in [4.69, 9.17) is 17.3 Å². The minimum atomic E-state index is -0.604. The van der Waals surface area contributed by atoms with Crippen molar-refractivity contribution in [1.29, 1.82) is 0 Å². The first-order chi connectivity index (χ1) is 11.6. The molecule has 0 radical (unpaired) electrons. The lowest BCUT2D eigenvalue weighted by molar-refractivity contribution is -0.117. The number of primary amides is 1. The van der Waals surface area contributed by atoms with Gasteiger partial charge in [0.2, 0.25) is 5.91 Å². The number of pyridine rings is 1. The summed E-state index contributed by atoms with van der Waals surface area (Å²) in [6.07, 6.45) is 0. The van der Waals surface area contributed by atoms with E-state index in [9.17, 15) is 9.59 Å². The average Bonchev–Trinajstić information content (AvgIpc) is 2.59. The molecule has 120 valence electrons. The summed E-state index contributed by atoms with van der Waals surface area (Å²) in [6, 6.07) is 16.2. The van der Waals surface area contributed by atoms with Gasteiger partial charge >= 0.3 is 0 Å². The number of nitrogens with one attached hydrogen (secondary N) is 1. The van der Waals surface area contributed by atoms with Crippen molar-refractivity contribution in [1.82, 2.24) is 10.3 Å². The van der Waals surface area contributed by atoms with Gasteiger partial charge in [-0.1, -0.05) is 48.0 Å². The largest absolute Gasteiger partial charge is 0.368 e. The molecule has 0 bridgehead atoms. The summed E-state index contributed by atoms with van der Waals surface area (Å²) < 4.78 is 0. The summed E-state index contributed by atoms with van der Waals surface area (Å²) in [5.74, 6) is -0.992. The summed E-state index contributed by atoms with van der Waals surface area (Å²) in [5, 5.41) is 3.74. The van der Waals surface area contributed by atoms with Crippen molar-refractivity contribution in [3.8, 4) is 11.3 Å². The van der Waals surface area contributed by atoms with Crippen LogP contribution in [0.4, 0.5) is 0 Å². The van der Waals surface area contributed by atoms with Crippen molar-refractivity contribution in [2.45, 2.75) is 0 Å². The number of para-hydroxylation sites is 1. The van der Waals surface area contributed by atoms with Crippen LogP contribution in [0.5, 0.6) is 0 Å². The van der Waals surface area contributed by atoms with E-state index in [1.54, 1.807) is 18.2 Å². The predicted octanol–water partition coefficient (Wildman–Crippen LogP) is 2.77. The normalized spacial score (nSPS) is 10.5. The molecular weight excluding hydrogens is 326 g/mol. The quantitative estimate of drug-likeness (QED) is 0.766. The molecule has 5 nitrogen and oxygen atoms in total. The number of rotatable bonds is 4. The van der Waals surface area contributed by atoms with E-state index in [2.05, 4.69) is 10.3 Å². The first kappa shape index (κ1) is 16.0.